The predicted octanol–water partition coefficient (Wildman–Crippen LogP) is -5.07. The number of hydrogen-bond donors (Lipinski definition) is 1. The fourth-order valence-corrected chi connectivity index (χ4v) is 6.66. The van der Waals surface area contributed by atoms with Gasteiger partial charge in [-0.1, -0.05) is 5.16 Å². The number of nitrogens with zero attached hydrogens (tertiary/aromatic N) is 3. The maximum atomic E-state index is 12.9. The quantitative estimate of drug-likeness (QED) is 0.0887. The summed E-state index contributed by atoms with van der Waals surface area (Å²) in [4.78, 5) is 58.8. The van der Waals surface area contributed by atoms with Gasteiger partial charge in [0.15, 0.2) is 16.6 Å². The number of carbonyl (C=O) groups is 4. The minimum Gasteiger partial charge on any atom is -0.544 e. The third kappa shape index (κ3) is 4.20. The molecule has 3 aliphatic rings. The number of alkyl halides is 1. The van der Waals surface area contributed by atoms with Gasteiger partial charge in [0.1, 0.15) is 30.3 Å². The zero-order valence-corrected chi connectivity index (χ0v) is 20.9. The van der Waals surface area contributed by atoms with Crippen LogP contribution in [-0.4, -0.2) is 73.6 Å². The van der Waals surface area contributed by atoms with Crippen LogP contribution in [0, 0.1) is 11.8 Å². The van der Waals surface area contributed by atoms with Crippen LogP contribution in [0.1, 0.15) is 18.5 Å². The number of carbonyl (C=O) groups excluding carboxylic acids is 4. The number of anilines is 1. The van der Waals surface area contributed by atoms with Gasteiger partial charge in [0.05, 0.1) is 12.3 Å². The largest absolute Gasteiger partial charge is 1.00 e. The number of Topliss-reactive ketones (excluding diaryl/α,β-unsaturated/α-hetero) is 1. The first-order valence-corrected chi connectivity index (χ1v) is 11.6. The molecule has 1 aromatic heterocycles. The van der Waals surface area contributed by atoms with Crippen molar-refractivity contribution >= 4 is 56.6 Å². The van der Waals surface area contributed by atoms with Crippen LogP contribution in [0.25, 0.3) is 0 Å². The van der Waals surface area contributed by atoms with Crippen LogP contribution in [0.3, 0.4) is 0 Å². The van der Waals surface area contributed by atoms with Crippen molar-refractivity contribution < 1.29 is 72.0 Å². The average Bonchev–Trinajstić information content (AvgIpc) is 3.30. The number of carboxylic acid groups (broad SMARTS) is 1. The SMILES string of the molecule is Nc1nc(/C(=N/OCCF)C(=O)C[C@@H]2C(=O)N3[C@@H]2[S@@](=O)C[C@@H]2CC(=O)O[C@@]23C(=O)[O-])cs1.[Na+]. The second-order valence-corrected chi connectivity index (χ2v) is 9.74. The smallest absolute Gasteiger partial charge is 0.544 e. The van der Waals surface area contributed by atoms with Crippen molar-refractivity contribution in [3.63, 3.8) is 0 Å². The zero-order chi connectivity index (χ0) is 23.2. The summed E-state index contributed by atoms with van der Waals surface area (Å²) in [6.45, 7) is -1.27. The number of esters is 1. The molecule has 4 rings (SSSR count). The van der Waals surface area contributed by atoms with Crippen LogP contribution in [-0.2, 0) is 39.6 Å². The molecule has 2 N–H and O–H groups in total. The maximum Gasteiger partial charge on any atom is 1.00 e. The molecule has 0 spiro atoms. The summed E-state index contributed by atoms with van der Waals surface area (Å²) in [5.41, 5.74) is 2.99. The number of oxime groups is 1. The number of aromatic nitrogens is 1. The Morgan fingerprint density at radius 3 is 2.82 bits per heavy atom. The Hall–Kier alpha value is -1.94. The molecule has 0 radical (unpaired) electrons. The van der Waals surface area contributed by atoms with Gasteiger partial charge < -0.3 is 25.2 Å². The minimum atomic E-state index is -2.34. The molecule has 12 nitrogen and oxygen atoms in total. The Morgan fingerprint density at radius 2 is 2.21 bits per heavy atom. The monoisotopic (exact) mass is 510 g/mol. The van der Waals surface area contributed by atoms with Gasteiger partial charge in [-0.15, -0.1) is 11.3 Å². The first-order valence-electron chi connectivity index (χ1n) is 9.34. The number of halogens is 1. The van der Waals surface area contributed by atoms with E-state index in [1.54, 1.807) is 0 Å². The fraction of sp³-hybridized carbons (Fsp3) is 0.529. The van der Waals surface area contributed by atoms with Crippen LogP contribution >= 0.6 is 11.3 Å². The molecule has 5 atom stereocenters. The number of nitrogen functional groups attached to an aromatic ring is 1. The van der Waals surface area contributed by atoms with Crippen LogP contribution in [0.5, 0.6) is 0 Å². The molecule has 4 heterocycles. The van der Waals surface area contributed by atoms with E-state index >= 15 is 0 Å². The van der Waals surface area contributed by atoms with Gasteiger partial charge in [-0.05, 0) is 0 Å². The number of nitrogens with two attached hydrogens (primary N) is 1. The van der Waals surface area contributed by atoms with Gasteiger partial charge in [-0.2, -0.15) is 0 Å². The van der Waals surface area contributed by atoms with E-state index in [1.807, 2.05) is 0 Å². The first kappa shape index (κ1) is 25.7. The third-order valence-corrected chi connectivity index (χ3v) is 7.92. The number of ether oxygens (including phenoxy) is 1. The number of rotatable bonds is 8. The number of carboxylic acids is 1. The van der Waals surface area contributed by atoms with Crippen LogP contribution in [0.4, 0.5) is 9.52 Å². The van der Waals surface area contributed by atoms with Crippen LogP contribution < -0.4 is 40.4 Å². The molecule has 172 valence electrons. The first-order chi connectivity index (χ1) is 15.2. The van der Waals surface area contributed by atoms with E-state index < -0.39 is 77.1 Å². The second-order valence-electron chi connectivity index (χ2n) is 7.27. The third-order valence-electron chi connectivity index (χ3n) is 5.43. The van der Waals surface area contributed by atoms with Gasteiger partial charge in [-0.3, -0.25) is 23.5 Å². The van der Waals surface area contributed by atoms with Crippen molar-refractivity contribution in [2.24, 2.45) is 17.0 Å². The Morgan fingerprint density at radius 1 is 1.48 bits per heavy atom. The fourth-order valence-electron chi connectivity index (χ4n) is 4.10. The molecule has 16 heteroatoms. The summed E-state index contributed by atoms with van der Waals surface area (Å²) in [5, 5.41) is 15.9. The number of amides is 1. The Kier molecular flexibility index (Phi) is 7.58. The van der Waals surface area contributed by atoms with E-state index in [1.165, 1.54) is 5.38 Å². The van der Waals surface area contributed by atoms with E-state index in [4.69, 9.17) is 15.3 Å². The van der Waals surface area contributed by atoms with Crippen molar-refractivity contribution in [2.75, 3.05) is 24.8 Å². The molecular formula is C17H16FN4NaO8S2. The topological polar surface area (TPSA) is 181 Å². The van der Waals surface area contributed by atoms with Crippen molar-refractivity contribution in [1.82, 2.24) is 9.88 Å². The number of hydrogen-bond acceptors (Lipinski definition) is 12. The summed E-state index contributed by atoms with van der Waals surface area (Å²) < 4.78 is 30.1. The summed E-state index contributed by atoms with van der Waals surface area (Å²) in [7, 11) is -1.75. The molecule has 0 aliphatic carbocycles. The summed E-state index contributed by atoms with van der Waals surface area (Å²) in [6, 6.07) is 0. The standard InChI is InChI=1S/C17H17FN4O8S2.Na/c18-1-2-29-21-12(9-5-31-16(19)20-9)10(23)4-8-13(25)22-14(8)32(28)6-7-3-11(24)30-17(7,22)15(26)27;/h5,7-8,14H,1-4,6H2,(H2,19,20)(H,26,27);/q;+1/p-1/b21-12-;/t7-,8+,14+,17+,32-;/m0./s1. The predicted molar refractivity (Wildman–Crippen MR) is 104 cm³/mol. The van der Waals surface area contributed by atoms with Gasteiger partial charge >= 0.3 is 35.5 Å². The molecule has 3 saturated heterocycles. The van der Waals surface area contributed by atoms with Gasteiger partial charge in [0, 0.05) is 34.3 Å². The zero-order valence-electron chi connectivity index (χ0n) is 17.2. The summed E-state index contributed by atoms with van der Waals surface area (Å²) in [6.07, 6.45) is -0.809. The van der Waals surface area contributed by atoms with Crippen molar-refractivity contribution in [3.8, 4) is 0 Å². The van der Waals surface area contributed by atoms with Crippen molar-refractivity contribution in [1.29, 1.82) is 0 Å². The van der Waals surface area contributed by atoms with Gasteiger partial charge in [0.25, 0.3) is 0 Å². The molecule has 1 aromatic rings. The number of aliphatic carboxylic acids is 1. The molecule has 0 unspecified atom stereocenters. The number of fused-ring (bicyclic) bond motifs is 3. The number of ketones is 1. The van der Waals surface area contributed by atoms with Gasteiger partial charge in [-0.25, -0.2) is 9.37 Å². The Bertz CT molecular complexity index is 1070. The second kappa shape index (κ2) is 9.74. The molecule has 33 heavy (non-hydrogen) atoms. The number of thiazole rings is 1. The molecule has 3 fully saturated rings. The minimum absolute atomic E-state index is 0. The van der Waals surface area contributed by atoms with E-state index in [0.717, 1.165) is 16.2 Å². The molecule has 1 amide bonds. The Balaban J connectivity index is 0.00000306. The van der Waals surface area contributed by atoms with Gasteiger partial charge in [0.2, 0.25) is 11.6 Å². The van der Waals surface area contributed by atoms with E-state index in [2.05, 4.69) is 10.1 Å². The van der Waals surface area contributed by atoms with Crippen molar-refractivity contribution in [3.05, 3.63) is 11.1 Å². The molecule has 0 bridgehead atoms. The molecule has 0 saturated carbocycles. The molecule has 3 aliphatic heterocycles. The van der Waals surface area contributed by atoms with Crippen LogP contribution in [0.2, 0.25) is 0 Å². The summed E-state index contributed by atoms with van der Waals surface area (Å²) >= 11 is 1.02. The normalized spacial score (nSPS) is 30.5. The number of β-lactam (4-membered cyclic amide) rings is 1. The Labute approximate surface area is 214 Å². The molecular weight excluding hydrogens is 494 g/mol. The van der Waals surface area contributed by atoms with Crippen molar-refractivity contribution in [2.45, 2.75) is 23.9 Å². The summed E-state index contributed by atoms with van der Waals surface area (Å²) in [5.74, 6) is -6.54. The average molecular weight is 510 g/mol. The van der Waals surface area contributed by atoms with E-state index in [0.29, 0.717) is 0 Å². The molecule has 0 aromatic carbocycles. The van der Waals surface area contributed by atoms with E-state index in [9.17, 15) is 32.9 Å². The van der Waals surface area contributed by atoms with E-state index in [-0.39, 0.29) is 58.3 Å². The maximum absolute atomic E-state index is 12.9. The van der Waals surface area contributed by atoms with Crippen LogP contribution in [0.15, 0.2) is 10.5 Å².